The molecule has 188 valence electrons. The van der Waals surface area contributed by atoms with Gasteiger partial charge in [-0.15, -0.1) is 0 Å². The summed E-state index contributed by atoms with van der Waals surface area (Å²) in [5, 5.41) is 25.5. The van der Waals surface area contributed by atoms with Gasteiger partial charge in [0.2, 0.25) is 5.91 Å². The van der Waals surface area contributed by atoms with Crippen LogP contribution in [0.5, 0.6) is 5.75 Å². The summed E-state index contributed by atoms with van der Waals surface area (Å²) in [6.45, 7) is 3.11. The number of carbonyl (C=O) groups excluding carboxylic acids is 1. The van der Waals surface area contributed by atoms with Crippen LogP contribution in [-0.2, 0) is 17.9 Å². The standard InChI is InChI=1S/C26H30N6O4/c1-16-6-9-20(12-24(16)36-2)29-26(33)17-7-10-19(11-8-17)28-21-4-3-5-23(25(21)32(34)35)31-14-18-13-27-30-22(18)15-31/h3-6,9,12-13,17,19,28H,7-8,10-11,14-15H2,1-2H3,(H,27,30)(H,29,33). The van der Waals surface area contributed by atoms with E-state index in [2.05, 4.69) is 20.8 Å². The fraction of sp³-hybridized carbons (Fsp3) is 0.385. The number of ether oxygens (including phenoxy) is 1. The normalized spacial score (nSPS) is 19.0. The highest BCUT2D eigenvalue weighted by atomic mass is 16.6. The number of nitro groups is 1. The van der Waals surface area contributed by atoms with Crippen LogP contribution in [0.25, 0.3) is 0 Å². The van der Waals surface area contributed by atoms with E-state index in [-0.39, 0.29) is 28.5 Å². The number of nitrogens with zero attached hydrogens (tertiary/aromatic N) is 3. The Kier molecular flexibility index (Phi) is 6.49. The van der Waals surface area contributed by atoms with Gasteiger partial charge in [0, 0.05) is 35.8 Å². The van der Waals surface area contributed by atoms with Crippen molar-refractivity contribution in [1.82, 2.24) is 10.2 Å². The lowest BCUT2D eigenvalue weighted by Gasteiger charge is -2.29. The van der Waals surface area contributed by atoms with Crippen LogP contribution in [0.1, 0.15) is 42.5 Å². The van der Waals surface area contributed by atoms with Crippen molar-refractivity contribution in [3.63, 3.8) is 0 Å². The second-order valence-corrected chi connectivity index (χ2v) is 9.53. The molecule has 0 unspecified atom stereocenters. The summed E-state index contributed by atoms with van der Waals surface area (Å²) >= 11 is 0. The number of methoxy groups -OCH3 is 1. The van der Waals surface area contributed by atoms with Crippen molar-refractivity contribution in [3.05, 3.63) is 69.5 Å². The molecule has 0 saturated heterocycles. The smallest absolute Gasteiger partial charge is 0.315 e. The molecule has 1 saturated carbocycles. The number of fused-ring (bicyclic) bond motifs is 1. The zero-order valence-corrected chi connectivity index (χ0v) is 20.4. The number of nitrogens with one attached hydrogen (secondary N) is 3. The molecule has 0 atom stereocenters. The number of hydrogen-bond acceptors (Lipinski definition) is 7. The Morgan fingerprint density at radius 2 is 2.00 bits per heavy atom. The van der Waals surface area contributed by atoms with E-state index in [1.165, 1.54) is 0 Å². The van der Waals surface area contributed by atoms with Crippen LogP contribution in [0.15, 0.2) is 42.6 Å². The van der Waals surface area contributed by atoms with Gasteiger partial charge >= 0.3 is 5.69 Å². The molecule has 1 aliphatic carbocycles. The molecule has 0 radical (unpaired) electrons. The Bertz CT molecular complexity index is 1260. The summed E-state index contributed by atoms with van der Waals surface area (Å²) in [7, 11) is 1.61. The van der Waals surface area contributed by atoms with E-state index in [4.69, 9.17) is 4.74 Å². The minimum atomic E-state index is -0.308. The van der Waals surface area contributed by atoms with Gasteiger partial charge in [-0.2, -0.15) is 5.10 Å². The number of aromatic amines is 1. The minimum Gasteiger partial charge on any atom is -0.496 e. The fourth-order valence-electron chi connectivity index (χ4n) is 5.19. The lowest BCUT2D eigenvalue weighted by molar-refractivity contribution is -0.383. The molecule has 0 spiro atoms. The van der Waals surface area contributed by atoms with E-state index in [1.54, 1.807) is 25.4 Å². The molecule has 3 aromatic rings. The number of anilines is 3. The maximum atomic E-state index is 12.8. The number of aromatic nitrogens is 2. The minimum absolute atomic E-state index is 0.000866. The van der Waals surface area contributed by atoms with Gasteiger partial charge in [-0.1, -0.05) is 12.1 Å². The molecular formula is C26H30N6O4. The van der Waals surface area contributed by atoms with E-state index >= 15 is 0 Å². The number of aryl methyl sites for hydroxylation is 1. The molecule has 3 N–H and O–H groups in total. The van der Waals surface area contributed by atoms with Gasteiger partial charge in [-0.25, -0.2) is 0 Å². The van der Waals surface area contributed by atoms with Crippen molar-refractivity contribution in [2.24, 2.45) is 5.92 Å². The van der Waals surface area contributed by atoms with Crippen molar-refractivity contribution in [2.45, 2.75) is 51.7 Å². The Morgan fingerprint density at radius 1 is 1.19 bits per heavy atom. The first kappa shape index (κ1) is 23.7. The van der Waals surface area contributed by atoms with Crippen LogP contribution in [0.2, 0.25) is 0 Å². The number of benzene rings is 2. The predicted octanol–water partition coefficient (Wildman–Crippen LogP) is 4.76. The fourth-order valence-corrected chi connectivity index (χ4v) is 5.19. The van der Waals surface area contributed by atoms with Crippen LogP contribution >= 0.6 is 0 Å². The average Bonchev–Trinajstić information content (AvgIpc) is 3.48. The number of nitro benzene ring substituents is 1. The molecule has 2 aliphatic rings. The van der Waals surface area contributed by atoms with Crippen molar-refractivity contribution in [3.8, 4) is 5.75 Å². The quantitative estimate of drug-likeness (QED) is 0.322. The highest BCUT2D eigenvalue weighted by molar-refractivity contribution is 5.92. The summed E-state index contributed by atoms with van der Waals surface area (Å²) < 4.78 is 5.35. The van der Waals surface area contributed by atoms with Gasteiger partial charge in [-0.05, 0) is 56.4 Å². The van der Waals surface area contributed by atoms with E-state index in [1.807, 2.05) is 36.1 Å². The monoisotopic (exact) mass is 490 g/mol. The molecule has 0 bridgehead atoms. The number of H-pyrrole nitrogens is 1. The van der Waals surface area contributed by atoms with Crippen molar-refractivity contribution < 1.29 is 14.5 Å². The molecule has 36 heavy (non-hydrogen) atoms. The van der Waals surface area contributed by atoms with E-state index in [0.29, 0.717) is 37.3 Å². The molecule has 1 aliphatic heterocycles. The van der Waals surface area contributed by atoms with Gasteiger partial charge in [0.05, 0.1) is 30.5 Å². The van der Waals surface area contributed by atoms with Crippen LogP contribution in [0.4, 0.5) is 22.7 Å². The van der Waals surface area contributed by atoms with Crippen LogP contribution in [0.3, 0.4) is 0 Å². The third-order valence-electron chi connectivity index (χ3n) is 7.19. The van der Waals surface area contributed by atoms with E-state index in [9.17, 15) is 14.9 Å². The predicted molar refractivity (Wildman–Crippen MR) is 137 cm³/mol. The summed E-state index contributed by atoms with van der Waals surface area (Å²) in [5.74, 6) is 0.645. The van der Waals surface area contributed by atoms with Crippen molar-refractivity contribution in [1.29, 1.82) is 0 Å². The maximum absolute atomic E-state index is 12.8. The third-order valence-corrected chi connectivity index (χ3v) is 7.19. The van der Waals surface area contributed by atoms with Crippen LogP contribution in [-0.4, -0.2) is 34.2 Å². The van der Waals surface area contributed by atoms with Crippen LogP contribution < -0.4 is 20.3 Å². The Morgan fingerprint density at radius 3 is 2.72 bits per heavy atom. The zero-order valence-electron chi connectivity index (χ0n) is 20.4. The number of carbonyl (C=O) groups is 1. The number of amides is 1. The first-order chi connectivity index (χ1) is 17.4. The Balaban J connectivity index is 1.22. The van der Waals surface area contributed by atoms with E-state index < -0.39 is 0 Å². The van der Waals surface area contributed by atoms with Gasteiger partial charge in [0.15, 0.2) is 0 Å². The Labute approximate surface area is 209 Å². The lowest BCUT2D eigenvalue weighted by Crippen LogP contribution is -2.32. The second kappa shape index (κ2) is 9.88. The zero-order chi connectivity index (χ0) is 25.2. The Hall–Kier alpha value is -4.08. The molecule has 1 amide bonds. The number of hydrogen-bond donors (Lipinski definition) is 3. The van der Waals surface area contributed by atoms with Crippen molar-refractivity contribution >= 4 is 28.7 Å². The largest absolute Gasteiger partial charge is 0.496 e. The summed E-state index contributed by atoms with van der Waals surface area (Å²) in [6, 6.07) is 11.1. The lowest BCUT2D eigenvalue weighted by atomic mass is 9.85. The average molecular weight is 491 g/mol. The SMILES string of the molecule is COc1cc(NC(=O)C2CCC(Nc3cccc(N4Cc5cn[nH]c5C4)c3[N+](=O)[O-])CC2)ccc1C. The molecular weight excluding hydrogens is 460 g/mol. The summed E-state index contributed by atoms with van der Waals surface area (Å²) in [6.07, 6.45) is 4.72. The van der Waals surface area contributed by atoms with E-state index in [0.717, 1.165) is 41.1 Å². The molecule has 1 aromatic heterocycles. The second-order valence-electron chi connectivity index (χ2n) is 9.53. The summed E-state index contributed by atoms with van der Waals surface area (Å²) in [4.78, 5) is 26.6. The van der Waals surface area contributed by atoms with Gasteiger partial charge in [-0.3, -0.25) is 20.0 Å². The topological polar surface area (TPSA) is 125 Å². The number of rotatable bonds is 7. The number of para-hydroxylation sites is 1. The van der Waals surface area contributed by atoms with Gasteiger partial charge in [0.1, 0.15) is 17.1 Å². The molecule has 10 nitrogen and oxygen atoms in total. The maximum Gasteiger partial charge on any atom is 0.315 e. The third kappa shape index (κ3) is 4.71. The highest BCUT2D eigenvalue weighted by Gasteiger charge is 2.31. The highest BCUT2D eigenvalue weighted by Crippen LogP contribution is 2.40. The van der Waals surface area contributed by atoms with Gasteiger partial charge in [0.25, 0.3) is 0 Å². The van der Waals surface area contributed by atoms with Gasteiger partial charge < -0.3 is 20.3 Å². The summed E-state index contributed by atoms with van der Waals surface area (Å²) in [5.41, 5.74) is 4.98. The molecule has 5 rings (SSSR count). The first-order valence-corrected chi connectivity index (χ1v) is 12.2. The molecule has 10 heteroatoms. The van der Waals surface area contributed by atoms with Crippen molar-refractivity contribution in [2.75, 3.05) is 22.6 Å². The molecule has 2 aromatic carbocycles. The molecule has 2 heterocycles. The first-order valence-electron chi connectivity index (χ1n) is 12.2. The van der Waals surface area contributed by atoms with Crippen LogP contribution in [0, 0.1) is 23.0 Å². The molecule has 1 fully saturated rings.